The molecule has 3 aliphatic rings. The third kappa shape index (κ3) is 7.58. The third-order valence-electron chi connectivity index (χ3n) is 8.40. The summed E-state index contributed by atoms with van der Waals surface area (Å²) in [7, 11) is 0. The maximum atomic E-state index is 13.0. The number of esters is 1. The Hall–Kier alpha value is -4.13. The molecule has 1 aromatic heterocycles. The number of Topliss-reactive ketones (excluding diaryl/α,β-unsaturated/α-hetero) is 1. The zero-order valence-electron chi connectivity index (χ0n) is 26.7. The molecular weight excluding hydrogens is 580 g/mol. The van der Waals surface area contributed by atoms with Crippen LogP contribution in [-0.4, -0.2) is 129 Å². The van der Waals surface area contributed by atoms with Crippen LogP contribution in [0.2, 0.25) is 0 Å². The summed E-state index contributed by atoms with van der Waals surface area (Å²) in [4.78, 5) is 65.9. The van der Waals surface area contributed by atoms with Crippen molar-refractivity contribution in [2.24, 2.45) is 0 Å². The largest absolute Gasteiger partial charge is 0.449 e. The Bertz CT molecular complexity index is 1250. The van der Waals surface area contributed by atoms with Crippen LogP contribution in [0.1, 0.15) is 33.6 Å². The van der Waals surface area contributed by atoms with Gasteiger partial charge in [0.1, 0.15) is 5.82 Å². The number of amides is 2. The van der Waals surface area contributed by atoms with Crippen LogP contribution in [0.15, 0.2) is 37.4 Å². The Kier molecular flexibility index (Phi) is 11.8. The van der Waals surface area contributed by atoms with Gasteiger partial charge in [-0.15, -0.1) is 13.2 Å². The topological polar surface area (TPSA) is 125 Å². The standard InChI is InChI=1S/C32H46N6O7/c1-6-15-34(8-3)24-13-14-25(35(9-4)16-7-2)33-30(24)36-18-20-37(21-19-36)32(42)44-22-26(39)45-28-23-12-11-17-38(23)31(41)29(27(28)40)43-10-5/h6-7,13-14,23,28-29H,1-2,8-12,15-22H2,3-5H3. The number of piperidine rings is 1. The van der Waals surface area contributed by atoms with E-state index in [4.69, 9.17) is 19.2 Å². The lowest BCUT2D eigenvalue weighted by molar-refractivity contribution is -0.178. The highest BCUT2D eigenvalue weighted by molar-refractivity contribution is 6.09. The molecule has 2 amide bonds. The van der Waals surface area contributed by atoms with Crippen molar-refractivity contribution < 1.29 is 33.4 Å². The van der Waals surface area contributed by atoms with Gasteiger partial charge in [-0.2, -0.15) is 0 Å². The number of fused-ring (bicyclic) bond motifs is 1. The third-order valence-corrected chi connectivity index (χ3v) is 8.40. The number of piperazine rings is 1. The highest BCUT2D eigenvalue weighted by Gasteiger charge is 2.52. The van der Waals surface area contributed by atoms with E-state index in [2.05, 4.69) is 47.8 Å². The minimum atomic E-state index is -1.29. The van der Waals surface area contributed by atoms with Crippen molar-refractivity contribution in [1.82, 2.24) is 14.8 Å². The Morgan fingerprint density at radius 1 is 1.00 bits per heavy atom. The molecule has 246 valence electrons. The number of nitrogens with zero attached hydrogens (tertiary/aromatic N) is 6. The van der Waals surface area contributed by atoms with E-state index < -0.39 is 42.7 Å². The monoisotopic (exact) mass is 626 g/mol. The highest BCUT2D eigenvalue weighted by Crippen LogP contribution is 2.32. The number of aromatic nitrogens is 1. The molecule has 0 bridgehead atoms. The van der Waals surface area contributed by atoms with Crippen LogP contribution in [0.3, 0.4) is 0 Å². The van der Waals surface area contributed by atoms with Crippen molar-refractivity contribution in [3.05, 3.63) is 37.4 Å². The number of carbonyl (C=O) groups excluding carboxylic acids is 4. The first-order valence-electron chi connectivity index (χ1n) is 15.8. The predicted octanol–water partition coefficient (Wildman–Crippen LogP) is 2.26. The minimum Gasteiger partial charge on any atom is -0.449 e. The summed E-state index contributed by atoms with van der Waals surface area (Å²) in [5.74, 6) is -0.125. The van der Waals surface area contributed by atoms with E-state index in [1.807, 2.05) is 18.2 Å². The average Bonchev–Trinajstić information content (AvgIpc) is 3.55. The Morgan fingerprint density at radius 3 is 2.33 bits per heavy atom. The number of rotatable bonds is 14. The first kappa shape index (κ1) is 33.8. The molecule has 3 atom stereocenters. The molecule has 0 spiro atoms. The van der Waals surface area contributed by atoms with Crippen LogP contribution in [-0.2, 0) is 28.6 Å². The number of likely N-dealkylation sites (N-methyl/N-ethyl adjacent to an activating group) is 2. The van der Waals surface area contributed by atoms with Gasteiger partial charge in [-0.3, -0.25) is 9.59 Å². The quantitative estimate of drug-likeness (QED) is 0.172. The van der Waals surface area contributed by atoms with Crippen molar-refractivity contribution in [2.45, 2.75) is 51.9 Å². The molecule has 3 fully saturated rings. The van der Waals surface area contributed by atoms with E-state index in [1.54, 1.807) is 16.7 Å². The molecular formula is C32H46N6O7. The molecule has 0 aromatic carbocycles. The average molecular weight is 627 g/mol. The van der Waals surface area contributed by atoms with Gasteiger partial charge in [0.15, 0.2) is 24.6 Å². The lowest BCUT2D eigenvalue weighted by atomic mass is 9.95. The van der Waals surface area contributed by atoms with Crippen LogP contribution in [0.25, 0.3) is 0 Å². The second-order valence-corrected chi connectivity index (χ2v) is 11.1. The molecule has 13 nitrogen and oxygen atoms in total. The molecule has 3 aliphatic heterocycles. The van der Waals surface area contributed by atoms with Crippen LogP contribution >= 0.6 is 0 Å². The predicted molar refractivity (Wildman–Crippen MR) is 171 cm³/mol. The first-order chi connectivity index (χ1) is 21.8. The molecule has 4 rings (SSSR count). The number of ether oxygens (including phenoxy) is 3. The Labute approximate surface area is 265 Å². The molecule has 0 radical (unpaired) electrons. The van der Waals surface area contributed by atoms with Crippen LogP contribution in [0.5, 0.6) is 0 Å². The summed E-state index contributed by atoms with van der Waals surface area (Å²) in [5, 5.41) is 0. The van der Waals surface area contributed by atoms with E-state index in [-0.39, 0.29) is 12.5 Å². The lowest BCUT2D eigenvalue weighted by Crippen LogP contribution is -2.62. The van der Waals surface area contributed by atoms with Crippen molar-refractivity contribution >= 4 is 41.1 Å². The molecule has 0 N–H and O–H groups in total. The van der Waals surface area contributed by atoms with Gasteiger partial charge in [-0.05, 0) is 45.7 Å². The first-order valence-corrected chi connectivity index (χ1v) is 15.8. The molecule has 3 unspecified atom stereocenters. The maximum Gasteiger partial charge on any atom is 0.410 e. The number of anilines is 3. The second kappa shape index (κ2) is 15.7. The van der Waals surface area contributed by atoms with Gasteiger partial charge in [-0.1, -0.05) is 12.2 Å². The molecule has 3 saturated heterocycles. The van der Waals surface area contributed by atoms with E-state index in [0.717, 1.165) is 30.4 Å². The van der Waals surface area contributed by atoms with Gasteiger partial charge < -0.3 is 38.7 Å². The fourth-order valence-corrected chi connectivity index (χ4v) is 6.12. The smallest absolute Gasteiger partial charge is 0.410 e. The van der Waals surface area contributed by atoms with Gasteiger partial charge in [0.2, 0.25) is 5.78 Å². The van der Waals surface area contributed by atoms with Gasteiger partial charge >= 0.3 is 12.1 Å². The summed E-state index contributed by atoms with van der Waals surface area (Å²) in [5.41, 5.74) is 0.987. The fourth-order valence-electron chi connectivity index (χ4n) is 6.12. The van der Waals surface area contributed by atoms with Gasteiger partial charge in [0.05, 0.1) is 11.7 Å². The second-order valence-electron chi connectivity index (χ2n) is 11.1. The van der Waals surface area contributed by atoms with Gasteiger partial charge in [-0.25, -0.2) is 14.6 Å². The van der Waals surface area contributed by atoms with E-state index in [0.29, 0.717) is 58.7 Å². The molecule has 45 heavy (non-hydrogen) atoms. The van der Waals surface area contributed by atoms with Crippen LogP contribution in [0, 0.1) is 0 Å². The summed E-state index contributed by atoms with van der Waals surface area (Å²) in [6, 6.07) is 3.57. The molecule has 0 saturated carbocycles. The number of ketones is 1. The van der Waals surface area contributed by atoms with Gasteiger partial charge in [0.25, 0.3) is 5.91 Å². The summed E-state index contributed by atoms with van der Waals surface area (Å²) in [6.45, 7) is 18.3. The highest BCUT2D eigenvalue weighted by atomic mass is 16.6. The van der Waals surface area contributed by atoms with E-state index >= 15 is 0 Å². The SMILES string of the molecule is C=CCN(CC)c1ccc(N(CC)CC=C)c(N2CCN(C(=O)OCC(=O)OC3C(=O)C(OCC)C(=O)N4CCCC34)CC2)n1. The molecule has 4 heterocycles. The molecule has 0 aliphatic carbocycles. The number of carbonyl (C=O) groups is 4. The normalized spacial score (nSPS) is 21.3. The number of hydrogen-bond acceptors (Lipinski definition) is 11. The van der Waals surface area contributed by atoms with Crippen molar-refractivity contribution in [1.29, 1.82) is 0 Å². The fraction of sp³-hybridized carbons (Fsp3) is 0.594. The zero-order valence-corrected chi connectivity index (χ0v) is 26.7. The Morgan fingerprint density at radius 2 is 1.69 bits per heavy atom. The van der Waals surface area contributed by atoms with Crippen molar-refractivity contribution in [2.75, 3.05) is 86.8 Å². The number of hydrogen-bond donors (Lipinski definition) is 0. The summed E-state index contributed by atoms with van der Waals surface area (Å²) < 4.78 is 16.1. The van der Waals surface area contributed by atoms with Crippen LogP contribution in [0.4, 0.5) is 22.1 Å². The zero-order chi connectivity index (χ0) is 32.5. The number of pyridine rings is 1. The van der Waals surface area contributed by atoms with Crippen LogP contribution < -0.4 is 14.7 Å². The van der Waals surface area contributed by atoms with Gasteiger partial charge in [0, 0.05) is 65.5 Å². The van der Waals surface area contributed by atoms with Crippen molar-refractivity contribution in [3.8, 4) is 0 Å². The summed E-state index contributed by atoms with van der Waals surface area (Å²) >= 11 is 0. The summed E-state index contributed by atoms with van der Waals surface area (Å²) in [6.07, 6.45) is 1.89. The minimum absolute atomic E-state index is 0.174. The molecule has 13 heteroatoms. The van der Waals surface area contributed by atoms with E-state index in [9.17, 15) is 19.2 Å². The lowest BCUT2D eigenvalue weighted by Gasteiger charge is -2.38. The molecule has 1 aromatic rings. The Balaban J connectivity index is 1.36. The van der Waals surface area contributed by atoms with Crippen molar-refractivity contribution in [3.63, 3.8) is 0 Å². The maximum absolute atomic E-state index is 13.0. The van der Waals surface area contributed by atoms with E-state index in [1.165, 1.54) is 0 Å².